The van der Waals surface area contributed by atoms with Crippen LogP contribution in [-0.4, -0.2) is 60.6 Å². The Morgan fingerprint density at radius 1 is 0.773 bits per heavy atom. The first-order valence-corrected chi connectivity index (χ1v) is 15.1. The summed E-state index contributed by atoms with van der Waals surface area (Å²) in [5.74, 6) is 2.21. The zero-order valence-corrected chi connectivity index (χ0v) is 24.4. The molecule has 2 aliphatic heterocycles. The first kappa shape index (κ1) is 26.5. The first-order chi connectivity index (χ1) is 21.6. The van der Waals surface area contributed by atoms with Crippen LogP contribution in [0.1, 0.15) is 18.4 Å². The maximum absolute atomic E-state index is 6.35. The number of aromatic nitrogens is 6. The third-order valence-corrected chi connectivity index (χ3v) is 9.10. The van der Waals surface area contributed by atoms with E-state index in [1.165, 1.54) is 18.4 Å². The van der Waals surface area contributed by atoms with Crippen molar-refractivity contribution in [2.45, 2.75) is 19.4 Å². The molecule has 218 valence electrons. The Labute approximate surface area is 256 Å². The standard InChI is InChI=1S/C35H33N9/c36-32-28(7-4-17-38-32)33-41-30-13-12-29(26-5-2-1-3-6-26)40-34(30)44(33)27-10-8-25(9-11-27)21-42-19-15-35(22-42)16-20-43(23-35)31-14-18-37-24-39-31/h1-14,17-18,24H,15-16,19-23H2,(H2,36,38). The minimum absolute atomic E-state index is 0.335. The fourth-order valence-corrected chi connectivity index (χ4v) is 6.86. The lowest BCUT2D eigenvalue weighted by atomic mass is 9.86. The quantitative estimate of drug-likeness (QED) is 0.271. The smallest absolute Gasteiger partial charge is 0.165 e. The molecule has 2 aromatic carbocycles. The summed E-state index contributed by atoms with van der Waals surface area (Å²) in [6.07, 6.45) is 7.60. The average Bonchev–Trinajstić information content (AvgIpc) is 3.79. The van der Waals surface area contributed by atoms with Gasteiger partial charge in [-0.15, -0.1) is 0 Å². The normalized spacial score (nSPS) is 18.5. The summed E-state index contributed by atoms with van der Waals surface area (Å²) in [6.45, 7) is 5.27. The van der Waals surface area contributed by atoms with Gasteiger partial charge in [0.1, 0.15) is 23.5 Å². The number of nitrogens with two attached hydrogens (primary N) is 1. The number of imidazole rings is 1. The van der Waals surface area contributed by atoms with Crippen LogP contribution in [0.3, 0.4) is 0 Å². The summed E-state index contributed by atoms with van der Waals surface area (Å²) >= 11 is 0. The lowest BCUT2D eigenvalue weighted by Crippen LogP contribution is -2.31. The van der Waals surface area contributed by atoms with Crippen LogP contribution >= 0.6 is 0 Å². The fraction of sp³-hybridized carbons (Fsp3) is 0.229. The van der Waals surface area contributed by atoms with E-state index < -0.39 is 0 Å². The van der Waals surface area contributed by atoms with Gasteiger partial charge in [0.05, 0.1) is 11.3 Å². The average molecular weight is 580 g/mol. The maximum atomic E-state index is 6.35. The number of benzene rings is 2. The van der Waals surface area contributed by atoms with Crippen molar-refractivity contribution in [2.24, 2.45) is 5.41 Å². The molecule has 2 aliphatic rings. The van der Waals surface area contributed by atoms with Gasteiger partial charge in [0, 0.05) is 55.2 Å². The summed E-state index contributed by atoms with van der Waals surface area (Å²) in [7, 11) is 0. The van der Waals surface area contributed by atoms with E-state index in [1.54, 1.807) is 12.5 Å². The zero-order chi connectivity index (χ0) is 29.5. The highest BCUT2D eigenvalue weighted by Crippen LogP contribution is 2.41. The Balaban J connectivity index is 1.08. The van der Waals surface area contributed by atoms with Gasteiger partial charge in [-0.1, -0.05) is 42.5 Å². The third-order valence-electron chi connectivity index (χ3n) is 9.10. The summed E-state index contributed by atoms with van der Waals surface area (Å²) in [4.78, 5) is 28.0. The third kappa shape index (κ3) is 4.85. The summed E-state index contributed by atoms with van der Waals surface area (Å²) < 4.78 is 2.10. The highest BCUT2D eigenvalue weighted by molar-refractivity contribution is 5.84. The van der Waals surface area contributed by atoms with Crippen LogP contribution in [0.5, 0.6) is 0 Å². The van der Waals surface area contributed by atoms with E-state index in [9.17, 15) is 0 Å². The molecular weight excluding hydrogens is 546 g/mol. The van der Waals surface area contributed by atoms with Crippen LogP contribution in [0.15, 0.2) is 104 Å². The van der Waals surface area contributed by atoms with E-state index in [-0.39, 0.29) is 0 Å². The molecule has 4 aromatic heterocycles. The Morgan fingerprint density at radius 3 is 2.45 bits per heavy atom. The minimum atomic E-state index is 0.335. The van der Waals surface area contributed by atoms with Gasteiger partial charge in [-0.2, -0.15) is 0 Å². The second kappa shape index (κ2) is 10.8. The molecule has 9 nitrogen and oxygen atoms in total. The molecule has 1 atom stereocenters. The highest BCUT2D eigenvalue weighted by Gasteiger charge is 2.43. The summed E-state index contributed by atoms with van der Waals surface area (Å²) in [5, 5.41) is 0. The number of anilines is 2. The lowest BCUT2D eigenvalue weighted by molar-refractivity contribution is 0.270. The molecule has 0 bridgehead atoms. The predicted octanol–water partition coefficient (Wildman–Crippen LogP) is 5.62. The van der Waals surface area contributed by atoms with Gasteiger partial charge in [-0.25, -0.2) is 24.9 Å². The molecule has 0 radical (unpaired) electrons. The van der Waals surface area contributed by atoms with Gasteiger partial charge < -0.3 is 10.6 Å². The molecular formula is C35H33N9. The molecule has 2 fully saturated rings. The van der Waals surface area contributed by atoms with Crippen molar-refractivity contribution < 1.29 is 0 Å². The second-order valence-electron chi connectivity index (χ2n) is 12.0. The molecule has 2 saturated heterocycles. The van der Waals surface area contributed by atoms with E-state index in [0.717, 1.165) is 78.0 Å². The number of nitrogens with zero attached hydrogens (tertiary/aromatic N) is 8. The van der Waals surface area contributed by atoms with Gasteiger partial charge in [0.2, 0.25) is 0 Å². The predicted molar refractivity (Wildman–Crippen MR) is 173 cm³/mol. The first-order valence-electron chi connectivity index (χ1n) is 15.1. The molecule has 44 heavy (non-hydrogen) atoms. The summed E-state index contributed by atoms with van der Waals surface area (Å²) in [5.41, 5.74) is 13.3. The van der Waals surface area contributed by atoms with Crippen LogP contribution < -0.4 is 10.6 Å². The number of hydrogen-bond acceptors (Lipinski definition) is 8. The Hall–Kier alpha value is -5.15. The Kier molecular flexibility index (Phi) is 6.52. The number of likely N-dealkylation sites (tertiary alicyclic amines) is 1. The van der Waals surface area contributed by atoms with Crippen molar-refractivity contribution >= 4 is 22.8 Å². The molecule has 2 N–H and O–H groups in total. The molecule has 6 heterocycles. The summed E-state index contributed by atoms with van der Waals surface area (Å²) in [6, 6.07) is 28.9. The molecule has 1 spiro atoms. The second-order valence-corrected chi connectivity index (χ2v) is 12.0. The van der Waals surface area contributed by atoms with Crippen molar-refractivity contribution in [3.05, 3.63) is 109 Å². The minimum Gasteiger partial charge on any atom is -0.383 e. The molecule has 1 unspecified atom stereocenters. The van der Waals surface area contributed by atoms with Crippen LogP contribution in [0.4, 0.5) is 11.6 Å². The molecule has 0 saturated carbocycles. The SMILES string of the molecule is Nc1ncccc1-c1nc2ccc(-c3ccccc3)nc2n1-c1ccc(CN2CCC3(CCN(c4ccncn4)C3)C2)cc1. The van der Waals surface area contributed by atoms with Crippen LogP contribution in [-0.2, 0) is 6.54 Å². The molecule has 0 amide bonds. The topological polar surface area (TPSA) is 102 Å². The number of nitrogen functional groups attached to an aromatic ring is 1. The highest BCUT2D eigenvalue weighted by atomic mass is 15.3. The maximum Gasteiger partial charge on any atom is 0.165 e. The number of fused-ring (bicyclic) bond motifs is 1. The molecule has 8 rings (SSSR count). The molecule has 0 aliphatic carbocycles. The van der Waals surface area contributed by atoms with Gasteiger partial charge in [-0.3, -0.25) is 9.47 Å². The van der Waals surface area contributed by atoms with Gasteiger partial charge in [0.25, 0.3) is 0 Å². The Bertz CT molecular complexity index is 1920. The van der Waals surface area contributed by atoms with E-state index in [4.69, 9.17) is 15.7 Å². The van der Waals surface area contributed by atoms with Crippen LogP contribution in [0.25, 0.3) is 39.5 Å². The van der Waals surface area contributed by atoms with E-state index >= 15 is 0 Å². The number of pyridine rings is 2. The van der Waals surface area contributed by atoms with E-state index in [1.807, 2.05) is 54.7 Å². The Morgan fingerprint density at radius 2 is 1.64 bits per heavy atom. The molecule has 9 heteroatoms. The van der Waals surface area contributed by atoms with Crippen LogP contribution in [0, 0.1) is 5.41 Å². The lowest BCUT2D eigenvalue weighted by Gasteiger charge is -2.25. The monoisotopic (exact) mass is 579 g/mol. The fourth-order valence-electron chi connectivity index (χ4n) is 6.86. The number of hydrogen-bond donors (Lipinski definition) is 1. The van der Waals surface area contributed by atoms with E-state index in [0.29, 0.717) is 11.2 Å². The van der Waals surface area contributed by atoms with Crippen molar-refractivity contribution in [3.63, 3.8) is 0 Å². The van der Waals surface area contributed by atoms with Gasteiger partial charge in [0.15, 0.2) is 11.5 Å². The van der Waals surface area contributed by atoms with Gasteiger partial charge in [-0.05, 0) is 67.4 Å². The van der Waals surface area contributed by atoms with Crippen molar-refractivity contribution in [3.8, 4) is 28.3 Å². The number of rotatable bonds is 6. The molecule has 6 aromatic rings. The van der Waals surface area contributed by atoms with Crippen LogP contribution in [0.2, 0.25) is 0 Å². The van der Waals surface area contributed by atoms with Crippen molar-refractivity contribution in [1.29, 1.82) is 0 Å². The van der Waals surface area contributed by atoms with Crippen molar-refractivity contribution in [1.82, 2.24) is 34.4 Å². The van der Waals surface area contributed by atoms with Crippen molar-refractivity contribution in [2.75, 3.05) is 36.8 Å². The largest absolute Gasteiger partial charge is 0.383 e. The van der Waals surface area contributed by atoms with E-state index in [2.05, 4.69) is 65.7 Å². The van der Waals surface area contributed by atoms with Gasteiger partial charge >= 0.3 is 0 Å². The zero-order valence-electron chi connectivity index (χ0n) is 24.4.